The molecule has 124 valence electrons. The van der Waals surface area contributed by atoms with Gasteiger partial charge in [0.15, 0.2) is 5.69 Å². The van der Waals surface area contributed by atoms with E-state index >= 15 is 0 Å². The first-order chi connectivity index (χ1) is 11.2. The van der Waals surface area contributed by atoms with Crippen molar-refractivity contribution in [3.63, 3.8) is 0 Å². The van der Waals surface area contributed by atoms with E-state index in [0.717, 1.165) is 6.92 Å². The maximum Gasteiger partial charge on any atom is 0.242 e. The summed E-state index contributed by atoms with van der Waals surface area (Å²) in [5.74, 6) is 0.574. The minimum Gasteiger partial charge on any atom is -0.458 e. The lowest BCUT2D eigenvalue weighted by molar-refractivity contribution is 0.0643. The molecular formula is C16H11BrFNO4S. The third-order valence-electron chi connectivity index (χ3n) is 3.86. The Balaban J connectivity index is 2.09. The lowest BCUT2D eigenvalue weighted by Crippen LogP contribution is -2.30. The minimum atomic E-state index is -4.30. The Morgan fingerprint density at radius 2 is 2.08 bits per heavy atom. The summed E-state index contributed by atoms with van der Waals surface area (Å²) in [5, 5.41) is 7.31. The van der Waals surface area contributed by atoms with E-state index in [4.69, 9.17) is 11.3 Å². The summed E-state index contributed by atoms with van der Waals surface area (Å²) in [6.07, 6.45) is -1.83. The Morgan fingerprint density at radius 3 is 2.75 bits per heavy atom. The van der Waals surface area contributed by atoms with E-state index in [1.807, 2.05) is 0 Å². The number of aliphatic hydroxyl groups excluding tert-OH is 1. The molecule has 1 unspecified atom stereocenters. The van der Waals surface area contributed by atoms with Crippen LogP contribution in [-0.2, 0) is 9.84 Å². The summed E-state index contributed by atoms with van der Waals surface area (Å²) in [6, 6.07) is 8.97. The van der Waals surface area contributed by atoms with Crippen LogP contribution in [0.3, 0.4) is 0 Å². The van der Waals surface area contributed by atoms with Gasteiger partial charge < -0.3 is 9.84 Å². The standard InChI is InChI=1S/C16H11BrFNO4S/c1-16(18)15(20)13-12(24(16,21)22)7-6-11(14(13)17)23-10-5-3-4-9(8-10)19-2/h3-8,15,20H,1H3/t15-,16?/m1/s1. The number of rotatable bonds is 2. The van der Waals surface area contributed by atoms with Gasteiger partial charge in [-0.05, 0) is 47.1 Å². The smallest absolute Gasteiger partial charge is 0.242 e. The fraction of sp³-hybridized carbons (Fsp3) is 0.188. The first kappa shape index (κ1) is 16.9. The summed E-state index contributed by atoms with van der Waals surface area (Å²) in [5.41, 5.74) is 0.308. The summed E-state index contributed by atoms with van der Waals surface area (Å²) < 4.78 is 44.7. The van der Waals surface area contributed by atoms with Gasteiger partial charge in [0, 0.05) is 5.56 Å². The molecule has 1 aliphatic heterocycles. The van der Waals surface area contributed by atoms with Gasteiger partial charge in [0.25, 0.3) is 0 Å². The van der Waals surface area contributed by atoms with Crippen LogP contribution in [-0.4, -0.2) is 18.5 Å². The van der Waals surface area contributed by atoms with Gasteiger partial charge in [-0.25, -0.2) is 17.7 Å². The fourth-order valence-electron chi connectivity index (χ4n) is 2.49. The number of ether oxygens (including phenoxy) is 1. The van der Waals surface area contributed by atoms with Gasteiger partial charge >= 0.3 is 0 Å². The van der Waals surface area contributed by atoms with Crippen molar-refractivity contribution in [1.29, 1.82) is 0 Å². The topological polar surface area (TPSA) is 68.0 Å². The molecule has 1 heterocycles. The van der Waals surface area contributed by atoms with Crippen LogP contribution in [0.4, 0.5) is 10.1 Å². The number of aliphatic hydroxyl groups is 1. The number of sulfone groups is 1. The number of nitrogens with zero attached hydrogens (tertiary/aromatic N) is 1. The molecule has 1 N–H and O–H groups in total. The van der Waals surface area contributed by atoms with Crippen molar-refractivity contribution in [3.8, 4) is 11.5 Å². The van der Waals surface area contributed by atoms with Crippen LogP contribution in [0.25, 0.3) is 4.85 Å². The first-order valence-corrected chi connectivity index (χ1v) is 9.07. The molecule has 24 heavy (non-hydrogen) atoms. The number of hydrogen-bond donors (Lipinski definition) is 1. The summed E-state index contributed by atoms with van der Waals surface area (Å²) in [4.78, 5) is 3.02. The molecule has 2 aromatic rings. The predicted molar refractivity (Wildman–Crippen MR) is 88.6 cm³/mol. The maximum atomic E-state index is 14.5. The van der Waals surface area contributed by atoms with Crippen molar-refractivity contribution in [2.24, 2.45) is 0 Å². The number of hydrogen-bond acceptors (Lipinski definition) is 4. The molecule has 0 saturated heterocycles. The van der Waals surface area contributed by atoms with Crippen LogP contribution in [0.1, 0.15) is 18.6 Å². The minimum absolute atomic E-state index is 0.0705. The van der Waals surface area contributed by atoms with Gasteiger partial charge in [-0.1, -0.05) is 12.1 Å². The van der Waals surface area contributed by atoms with Crippen molar-refractivity contribution in [2.75, 3.05) is 0 Å². The van der Waals surface area contributed by atoms with E-state index in [-0.39, 0.29) is 20.7 Å². The highest BCUT2D eigenvalue weighted by atomic mass is 79.9. The summed E-state index contributed by atoms with van der Waals surface area (Å²) in [7, 11) is -4.30. The van der Waals surface area contributed by atoms with E-state index in [0.29, 0.717) is 11.4 Å². The third kappa shape index (κ3) is 2.32. The molecule has 5 nitrogen and oxygen atoms in total. The molecule has 0 amide bonds. The van der Waals surface area contributed by atoms with Crippen molar-refractivity contribution >= 4 is 31.5 Å². The van der Waals surface area contributed by atoms with Crippen molar-refractivity contribution in [1.82, 2.24) is 0 Å². The molecule has 0 aliphatic carbocycles. The largest absolute Gasteiger partial charge is 0.458 e. The second kappa shape index (κ2) is 5.55. The number of fused-ring (bicyclic) bond motifs is 1. The first-order valence-electron chi connectivity index (χ1n) is 6.79. The zero-order valence-electron chi connectivity index (χ0n) is 12.3. The van der Waals surface area contributed by atoms with Crippen LogP contribution in [0, 0.1) is 6.57 Å². The van der Waals surface area contributed by atoms with Gasteiger partial charge in [-0.3, -0.25) is 0 Å². The highest BCUT2D eigenvalue weighted by Gasteiger charge is 2.56. The van der Waals surface area contributed by atoms with Crippen molar-refractivity contribution in [2.45, 2.75) is 22.9 Å². The van der Waals surface area contributed by atoms with E-state index in [9.17, 15) is 17.9 Å². The Hall–Kier alpha value is -1.95. The molecule has 2 aromatic carbocycles. The second-order valence-electron chi connectivity index (χ2n) is 5.39. The Labute approximate surface area is 146 Å². The number of alkyl halides is 1. The van der Waals surface area contributed by atoms with E-state index in [1.165, 1.54) is 18.2 Å². The number of benzene rings is 2. The normalized spacial score (nSPS) is 24.2. The molecule has 1 aliphatic rings. The van der Waals surface area contributed by atoms with Crippen LogP contribution in [0.2, 0.25) is 0 Å². The van der Waals surface area contributed by atoms with Gasteiger partial charge in [-0.15, -0.1) is 0 Å². The molecule has 0 spiro atoms. The fourth-order valence-corrected chi connectivity index (χ4v) is 4.85. The van der Waals surface area contributed by atoms with Gasteiger partial charge in [0.05, 0.1) is 15.9 Å². The quantitative estimate of drug-likeness (QED) is 0.747. The maximum absolute atomic E-state index is 14.5. The Bertz CT molecular complexity index is 982. The third-order valence-corrected chi connectivity index (χ3v) is 6.88. The van der Waals surface area contributed by atoms with E-state index in [1.54, 1.807) is 18.2 Å². The SMILES string of the molecule is [C-]#[N+]c1cccc(Oc2ccc3c(c2Br)[C@@H](O)C(C)(F)S3(=O)=O)c1. The Morgan fingerprint density at radius 1 is 1.38 bits per heavy atom. The van der Waals surface area contributed by atoms with E-state index in [2.05, 4.69) is 20.8 Å². The van der Waals surface area contributed by atoms with Crippen LogP contribution in [0.15, 0.2) is 45.8 Å². The molecule has 0 bridgehead atoms. The zero-order chi connectivity index (χ0) is 17.7. The number of halogens is 2. The van der Waals surface area contributed by atoms with Gasteiger partial charge in [0.1, 0.15) is 17.6 Å². The average molecular weight is 412 g/mol. The molecule has 0 aromatic heterocycles. The van der Waals surface area contributed by atoms with Crippen LogP contribution < -0.4 is 4.74 Å². The summed E-state index contributed by atoms with van der Waals surface area (Å²) in [6.45, 7) is 7.83. The zero-order valence-corrected chi connectivity index (χ0v) is 14.7. The molecule has 0 fully saturated rings. The van der Waals surface area contributed by atoms with Gasteiger partial charge in [0.2, 0.25) is 14.8 Å². The second-order valence-corrected chi connectivity index (χ2v) is 8.43. The van der Waals surface area contributed by atoms with Crippen LogP contribution in [0.5, 0.6) is 11.5 Å². The molecule has 2 atom stereocenters. The lowest BCUT2D eigenvalue weighted by Gasteiger charge is -2.17. The highest BCUT2D eigenvalue weighted by Crippen LogP contribution is 2.52. The van der Waals surface area contributed by atoms with Crippen LogP contribution >= 0.6 is 15.9 Å². The van der Waals surface area contributed by atoms with Gasteiger partial charge in [-0.2, -0.15) is 0 Å². The van der Waals surface area contributed by atoms with Crippen molar-refractivity contribution in [3.05, 3.63) is 57.9 Å². The molecular weight excluding hydrogens is 401 g/mol. The lowest BCUT2D eigenvalue weighted by atomic mass is 10.1. The van der Waals surface area contributed by atoms with Crippen molar-refractivity contribution < 1.29 is 22.7 Å². The summed E-state index contributed by atoms with van der Waals surface area (Å²) >= 11 is 3.19. The molecule has 3 rings (SSSR count). The Kier molecular flexibility index (Phi) is 3.91. The predicted octanol–water partition coefficient (Wildman–Crippen LogP) is 4.30. The average Bonchev–Trinajstić information content (AvgIpc) is 2.68. The monoisotopic (exact) mass is 411 g/mol. The molecule has 8 heteroatoms. The van der Waals surface area contributed by atoms with E-state index < -0.39 is 20.9 Å². The highest BCUT2D eigenvalue weighted by molar-refractivity contribution is 9.10. The molecule has 0 radical (unpaired) electrons. The molecule has 0 saturated carbocycles.